The molecule has 1 aliphatic heterocycles. The molecule has 0 aromatic carbocycles. The van der Waals surface area contributed by atoms with Crippen LogP contribution in [0.15, 0.2) is 0 Å². The van der Waals surface area contributed by atoms with Crippen LogP contribution in [0.1, 0.15) is 58.8 Å². The summed E-state index contributed by atoms with van der Waals surface area (Å²) in [7, 11) is 0. The van der Waals surface area contributed by atoms with E-state index in [0.29, 0.717) is 5.91 Å². The van der Waals surface area contributed by atoms with Crippen molar-refractivity contribution in [1.29, 1.82) is 0 Å². The lowest BCUT2D eigenvalue weighted by atomic mass is 9.84. The van der Waals surface area contributed by atoms with Gasteiger partial charge in [-0.15, -0.1) is 12.4 Å². The lowest BCUT2D eigenvalue weighted by Gasteiger charge is -2.37. The summed E-state index contributed by atoms with van der Waals surface area (Å²) in [5, 5.41) is 0. The van der Waals surface area contributed by atoms with E-state index < -0.39 is 0 Å². The van der Waals surface area contributed by atoms with Crippen molar-refractivity contribution in [2.45, 2.75) is 64.8 Å². The molecule has 1 heterocycles. The van der Waals surface area contributed by atoms with Gasteiger partial charge in [-0.05, 0) is 50.4 Å². The number of hydrogen-bond donors (Lipinski definition) is 1. The zero-order valence-corrected chi connectivity index (χ0v) is 13.8. The van der Waals surface area contributed by atoms with E-state index in [9.17, 15) is 4.79 Å². The first kappa shape index (κ1) is 17.8. The Kier molecular flexibility index (Phi) is 7.32. The number of carbonyl (C=O) groups is 1. The Balaban J connectivity index is 0.00000200. The molecule has 0 bridgehead atoms. The van der Waals surface area contributed by atoms with Crippen LogP contribution < -0.4 is 5.73 Å². The number of rotatable bonds is 3. The first-order valence-corrected chi connectivity index (χ1v) is 8.10. The summed E-state index contributed by atoms with van der Waals surface area (Å²) in [6, 6.07) is 0.249. The molecule has 2 rings (SSSR count). The van der Waals surface area contributed by atoms with Gasteiger partial charge in [0.2, 0.25) is 5.91 Å². The Bertz CT molecular complexity index is 309. The summed E-state index contributed by atoms with van der Waals surface area (Å²) in [5.74, 6) is 2.06. The summed E-state index contributed by atoms with van der Waals surface area (Å²) in [4.78, 5) is 14.7. The van der Waals surface area contributed by atoms with Crippen LogP contribution >= 0.6 is 12.4 Å². The molecule has 3 unspecified atom stereocenters. The maximum atomic E-state index is 12.6. The van der Waals surface area contributed by atoms with Gasteiger partial charge in [-0.2, -0.15) is 0 Å². The Morgan fingerprint density at radius 1 is 1.25 bits per heavy atom. The topological polar surface area (TPSA) is 46.3 Å². The minimum atomic E-state index is 0. The Morgan fingerprint density at radius 3 is 2.65 bits per heavy atom. The van der Waals surface area contributed by atoms with Crippen molar-refractivity contribution in [2.24, 2.45) is 23.5 Å². The van der Waals surface area contributed by atoms with Gasteiger partial charge in [-0.25, -0.2) is 0 Å². The van der Waals surface area contributed by atoms with E-state index in [-0.39, 0.29) is 24.4 Å². The molecule has 2 aliphatic rings. The summed E-state index contributed by atoms with van der Waals surface area (Å²) in [6.07, 6.45) is 7.92. The SMILES string of the molecule is CC(C)CC1CCCN(C(=O)C2CCCC(N)C2)C1.Cl. The Labute approximate surface area is 130 Å². The fourth-order valence-electron chi connectivity index (χ4n) is 3.83. The second-order valence-electron chi connectivity index (χ2n) is 7.05. The zero-order valence-electron chi connectivity index (χ0n) is 13.0. The summed E-state index contributed by atoms with van der Waals surface area (Å²) in [6.45, 7) is 6.52. The van der Waals surface area contributed by atoms with E-state index in [0.717, 1.165) is 50.6 Å². The fraction of sp³-hybridized carbons (Fsp3) is 0.938. The molecule has 20 heavy (non-hydrogen) atoms. The van der Waals surface area contributed by atoms with Crippen molar-refractivity contribution in [1.82, 2.24) is 4.90 Å². The van der Waals surface area contributed by atoms with Crippen LogP contribution in [0.5, 0.6) is 0 Å². The molecule has 118 valence electrons. The fourth-order valence-corrected chi connectivity index (χ4v) is 3.83. The summed E-state index contributed by atoms with van der Waals surface area (Å²) < 4.78 is 0. The third-order valence-electron chi connectivity index (χ3n) is 4.70. The first-order chi connectivity index (χ1) is 9.06. The van der Waals surface area contributed by atoms with Gasteiger partial charge in [0.1, 0.15) is 0 Å². The quantitative estimate of drug-likeness (QED) is 0.870. The Morgan fingerprint density at radius 2 is 2.00 bits per heavy atom. The van der Waals surface area contributed by atoms with E-state index in [1.165, 1.54) is 19.3 Å². The molecule has 2 N–H and O–H groups in total. The van der Waals surface area contributed by atoms with Gasteiger partial charge in [0.15, 0.2) is 0 Å². The molecule has 0 aromatic rings. The lowest BCUT2D eigenvalue weighted by molar-refractivity contribution is -0.138. The number of amides is 1. The van der Waals surface area contributed by atoms with Crippen molar-refractivity contribution in [2.75, 3.05) is 13.1 Å². The molecule has 0 radical (unpaired) electrons. The van der Waals surface area contributed by atoms with E-state index in [4.69, 9.17) is 5.73 Å². The van der Waals surface area contributed by atoms with Crippen LogP contribution in [0.3, 0.4) is 0 Å². The second-order valence-corrected chi connectivity index (χ2v) is 7.05. The largest absolute Gasteiger partial charge is 0.342 e. The van der Waals surface area contributed by atoms with Crippen LogP contribution in [-0.4, -0.2) is 29.9 Å². The standard InChI is InChI=1S/C16H30N2O.ClH/c1-12(2)9-13-5-4-8-18(11-13)16(19)14-6-3-7-15(17)10-14;/h12-15H,3-11,17H2,1-2H3;1H. The van der Waals surface area contributed by atoms with Gasteiger partial charge < -0.3 is 10.6 Å². The smallest absolute Gasteiger partial charge is 0.225 e. The minimum absolute atomic E-state index is 0. The Hall–Kier alpha value is -0.280. The van der Waals surface area contributed by atoms with E-state index in [2.05, 4.69) is 18.7 Å². The number of nitrogens with zero attached hydrogens (tertiary/aromatic N) is 1. The molecule has 1 saturated heterocycles. The van der Waals surface area contributed by atoms with Crippen LogP contribution in [0, 0.1) is 17.8 Å². The number of carbonyl (C=O) groups excluding carboxylic acids is 1. The summed E-state index contributed by atoms with van der Waals surface area (Å²) in [5.41, 5.74) is 6.01. The molecule has 0 aromatic heterocycles. The number of likely N-dealkylation sites (tertiary alicyclic amines) is 1. The molecule has 1 saturated carbocycles. The highest BCUT2D eigenvalue weighted by molar-refractivity contribution is 5.85. The molecular weight excluding hydrogens is 272 g/mol. The number of halogens is 1. The maximum absolute atomic E-state index is 12.6. The highest BCUT2D eigenvalue weighted by Gasteiger charge is 2.31. The average Bonchev–Trinajstić information content (AvgIpc) is 2.37. The number of piperidine rings is 1. The van der Waals surface area contributed by atoms with Gasteiger partial charge in [0, 0.05) is 25.0 Å². The van der Waals surface area contributed by atoms with Crippen molar-refractivity contribution >= 4 is 18.3 Å². The first-order valence-electron chi connectivity index (χ1n) is 8.10. The predicted molar refractivity (Wildman–Crippen MR) is 85.9 cm³/mol. The van der Waals surface area contributed by atoms with Gasteiger partial charge >= 0.3 is 0 Å². The van der Waals surface area contributed by atoms with Crippen molar-refractivity contribution in [3.8, 4) is 0 Å². The van der Waals surface area contributed by atoms with Crippen LogP contribution in [0.4, 0.5) is 0 Å². The van der Waals surface area contributed by atoms with E-state index in [1.54, 1.807) is 0 Å². The van der Waals surface area contributed by atoms with Crippen LogP contribution in [0.2, 0.25) is 0 Å². The van der Waals surface area contributed by atoms with E-state index in [1.807, 2.05) is 0 Å². The minimum Gasteiger partial charge on any atom is -0.342 e. The molecule has 1 amide bonds. The highest BCUT2D eigenvalue weighted by Crippen LogP contribution is 2.28. The normalized spacial score (nSPS) is 31.0. The molecule has 3 nitrogen and oxygen atoms in total. The number of nitrogens with two attached hydrogens (primary N) is 1. The second kappa shape index (κ2) is 8.23. The molecule has 2 fully saturated rings. The van der Waals surface area contributed by atoms with Crippen molar-refractivity contribution in [3.05, 3.63) is 0 Å². The monoisotopic (exact) mass is 302 g/mol. The summed E-state index contributed by atoms with van der Waals surface area (Å²) >= 11 is 0. The highest BCUT2D eigenvalue weighted by atomic mass is 35.5. The van der Waals surface area contributed by atoms with Gasteiger partial charge in [0.25, 0.3) is 0 Å². The zero-order chi connectivity index (χ0) is 13.8. The maximum Gasteiger partial charge on any atom is 0.225 e. The molecule has 3 atom stereocenters. The van der Waals surface area contributed by atoms with Crippen molar-refractivity contribution in [3.63, 3.8) is 0 Å². The van der Waals surface area contributed by atoms with Crippen LogP contribution in [0.25, 0.3) is 0 Å². The van der Waals surface area contributed by atoms with Crippen molar-refractivity contribution < 1.29 is 4.79 Å². The van der Waals surface area contributed by atoms with Gasteiger partial charge in [0.05, 0.1) is 0 Å². The third kappa shape index (κ3) is 4.92. The third-order valence-corrected chi connectivity index (χ3v) is 4.70. The average molecular weight is 303 g/mol. The predicted octanol–water partition coefficient (Wildman–Crippen LogP) is 3.21. The van der Waals surface area contributed by atoms with E-state index >= 15 is 0 Å². The van der Waals surface area contributed by atoms with Gasteiger partial charge in [-0.1, -0.05) is 20.3 Å². The van der Waals surface area contributed by atoms with Crippen LogP contribution in [-0.2, 0) is 4.79 Å². The lowest BCUT2D eigenvalue weighted by Crippen LogP contribution is -2.45. The van der Waals surface area contributed by atoms with Gasteiger partial charge in [-0.3, -0.25) is 4.79 Å². The molecular formula is C16H31ClN2O. The molecule has 1 aliphatic carbocycles. The molecule has 4 heteroatoms. The number of hydrogen-bond acceptors (Lipinski definition) is 2. The molecule has 0 spiro atoms.